The first-order chi connectivity index (χ1) is 17.5. The molecule has 4 rings (SSSR count). The maximum absolute atomic E-state index is 13.6. The van der Waals surface area contributed by atoms with Crippen LogP contribution in [-0.4, -0.2) is 38.5 Å². The van der Waals surface area contributed by atoms with Crippen LogP contribution in [0.5, 0.6) is 11.5 Å². The summed E-state index contributed by atoms with van der Waals surface area (Å²) in [4.78, 5) is 24.0. The van der Waals surface area contributed by atoms with Crippen LogP contribution in [0.2, 0.25) is 0 Å². The second-order valence-corrected chi connectivity index (χ2v) is 11.1. The second kappa shape index (κ2) is 10.1. The third-order valence-electron chi connectivity index (χ3n) is 5.96. The van der Waals surface area contributed by atoms with Crippen LogP contribution in [-0.2, 0) is 14.8 Å². The molecule has 1 unspecified atom stereocenters. The molecule has 0 radical (unpaired) electrons. The van der Waals surface area contributed by atoms with Gasteiger partial charge in [-0.3, -0.25) is 19.2 Å². The summed E-state index contributed by atoms with van der Waals surface area (Å²) < 4.78 is 39.3. The van der Waals surface area contributed by atoms with Crippen molar-refractivity contribution in [1.82, 2.24) is 5.32 Å². The van der Waals surface area contributed by atoms with Gasteiger partial charge in [0.25, 0.3) is 15.7 Å². The van der Waals surface area contributed by atoms with Gasteiger partial charge in [0, 0.05) is 30.2 Å². The summed E-state index contributed by atoms with van der Waals surface area (Å²) in [7, 11) is -2.67. The fourth-order valence-electron chi connectivity index (χ4n) is 4.25. The Morgan fingerprint density at radius 3 is 2.54 bits per heavy atom. The van der Waals surface area contributed by atoms with Crippen LogP contribution in [0.4, 0.5) is 11.4 Å². The van der Waals surface area contributed by atoms with E-state index in [-0.39, 0.29) is 16.3 Å². The van der Waals surface area contributed by atoms with Gasteiger partial charge in [0.15, 0.2) is 0 Å². The summed E-state index contributed by atoms with van der Waals surface area (Å²) in [5.41, 5.74) is -0.153. The van der Waals surface area contributed by atoms with E-state index in [4.69, 9.17) is 9.47 Å². The zero-order valence-corrected chi connectivity index (χ0v) is 21.4. The largest absolute Gasteiger partial charge is 0.497 e. The van der Waals surface area contributed by atoms with Crippen LogP contribution in [0, 0.1) is 10.1 Å². The number of rotatable bonds is 8. The molecule has 1 N–H and O–H groups in total. The predicted molar refractivity (Wildman–Crippen MR) is 137 cm³/mol. The lowest BCUT2D eigenvalue weighted by Crippen LogP contribution is -2.45. The van der Waals surface area contributed by atoms with E-state index >= 15 is 0 Å². The number of ether oxygens (including phenoxy) is 2. The minimum atomic E-state index is -4.22. The SMILES string of the molecule is COc1ccc2c(c1)OC(C)(C)CC2NC(=O)CN(c1cccc([N+](=O)[O-])c1)S(=O)(=O)c1ccccc1. The van der Waals surface area contributed by atoms with Gasteiger partial charge in [0.2, 0.25) is 5.91 Å². The zero-order valence-electron chi connectivity index (χ0n) is 20.6. The van der Waals surface area contributed by atoms with Gasteiger partial charge in [-0.2, -0.15) is 0 Å². The third-order valence-corrected chi connectivity index (χ3v) is 7.75. The van der Waals surface area contributed by atoms with Crippen molar-refractivity contribution in [3.05, 3.63) is 88.5 Å². The molecule has 1 amide bonds. The van der Waals surface area contributed by atoms with E-state index in [1.807, 2.05) is 13.8 Å². The fourth-order valence-corrected chi connectivity index (χ4v) is 5.69. The Morgan fingerprint density at radius 2 is 1.86 bits per heavy atom. The van der Waals surface area contributed by atoms with E-state index in [1.54, 1.807) is 43.5 Å². The Morgan fingerprint density at radius 1 is 1.14 bits per heavy atom. The summed E-state index contributed by atoms with van der Waals surface area (Å²) in [5.74, 6) is 0.594. The number of carbonyl (C=O) groups excluding carboxylic acids is 1. The first kappa shape index (κ1) is 26.0. The highest BCUT2D eigenvalue weighted by Crippen LogP contribution is 2.41. The van der Waals surface area contributed by atoms with Gasteiger partial charge in [-0.25, -0.2) is 8.42 Å². The number of nitrogens with zero attached hydrogens (tertiary/aromatic N) is 2. The molecule has 1 aliphatic heterocycles. The number of methoxy groups -OCH3 is 1. The van der Waals surface area contributed by atoms with Crippen molar-refractivity contribution in [2.75, 3.05) is 18.0 Å². The molecule has 3 aromatic carbocycles. The number of nitrogens with one attached hydrogen (secondary N) is 1. The van der Waals surface area contributed by atoms with Gasteiger partial charge >= 0.3 is 0 Å². The van der Waals surface area contributed by atoms with Gasteiger partial charge in [-0.15, -0.1) is 0 Å². The molecule has 0 fully saturated rings. The fraction of sp³-hybridized carbons (Fsp3) is 0.269. The summed E-state index contributed by atoms with van der Waals surface area (Å²) in [6.45, 7) is 3.20. The van der Waals surface area contributed by atoms with Crippen molar-refractivity contribution < 1.29 is 27.6 Å². The molecule has 1 heterocycles. The quantitative estimate of drug-likeness (QED) is 0.344. The van der Waals surface area contributed by atoms with Gasteiger partial charge in [-0.1, -0.05) is 24.3 Å². The van der Waals surface area contributed by atoms with Crippen molar-refractivity contribution in [3.63, 3.8) is 0 Å². The monoisotopic (exact) mass is 525 g/mol. The maximum atomic E-state index is 13.6. The molecule has 0 bridgehead atoms. The van der Waals surface area contributed by atoms with Gasteiger partial charge in [-0.05, 0) is 44.2 Å². The summed E-state index contributed by atoms with van der Waals surface area (Å²) in [6.07, 6.45) is 0.445. The number of fused-ring (bicyclic) bond motifs is 1. The number of hydrogen-bond acceptors (Lipinski definition) is 7. The van der Waals surface area contributed by atoms with Crippen molar-refractivity contribution >= 4 is 27.3 Å². The number of nitro benzene ring substituents is 1. The van der Waals surface area contributed by atoms with Gasteiger partial charge < -0.3 is 14.8 Å². The van der Waals surface area contributed by atoms with Crippen LogP contribution in [0.15, 0.2) is 77.7 Å². The highest BCUT2D eigenvalue weighted by atomic mass is 32.2. The Kier molecular flexibility index (Phi) is 7.08. The molecule has 11 heteroatoms. The van der Waals surface area contributed by atoms with Crippen molar-refractivity contribution in [2.24, 2.45) is 0 Å². The van der Waals surface area contributed by atoms with E-state index in [0.29, 0.717) is 17.9 Å². The second-order valence-electron chi connectivity index (χ2n) is 9.19. The smallest absolute Gasteiger partial charge is 0.271 e. The number of anilines is 1. The molecule has 0 spiro atoms. The number of carbonyl (C=O) groups is 1. The van der Waals surface area contributed by atoms with E-state index in [0.717, 1.165) is 15.9 Å². The number of benzene rings is 3. The molecular formula is C26H27N3O7S. The molecule has 3 aromatic rings. The lowest BCUT2D eigenvalue weighted by molar-refractivity contribution is -0.384. The normalized spacial score (nSPS) is 16.1. The molecule has 0 aromatic heterocycles. The van der Waals surface area contributed by atoms with Crippen molar-refractivity contribution in [1.29, 1.82) is 0 Å². The van der Waals surface area contributed by atoms with Crippen molar-refractivity contribution in [2.45, 2.75) is 36.8 Å². The molecule has 0 aliphatic carbocycles. The minimum Gasteiger partial charge on any atom is -0.497 e. The number of non-ortho nitro benzene ring substituents is 1. The molecular weight excluding hydrogens is 498 g/mol. The Hall–Kier alpha value is -4.12. The molecule has 1 aliphatic rings. The highest BCUT2D eigenvalue weighted by Gasteiger charge is 2.36. The molecule has 0 saturated carbocycles. The molecule has 194 valence electrons. The lowest BCUT2D eigenvalue weighted by atomic mass is 9.89. The number of amides is 1. The first-order valence-corrected chi connectivity index (χ1v) is 12.9. The zero-order chi connectivity index (χ0) is 26.8. The van der Waals surface area contributed by atoms with Gasteiger partial charge in [0.05, 0.1) is 28.7 Å². The maximum Gasteiger partial charge on any atom is 0.271 e. The highest BCUT2D eigenvalue weighted by molar-refractivity contribution is 7.92. The standard InChI is InChI=1S/C26H27N3O7S/c1-26(2)16-23(22-13-12-20(35-3)15-24(22)36-26)27-25(30)17-28(18-8-7-9-19(14-18)29(31)32)37(33,34)21-10-5-4-6-11-21/h4-15,23H,16-17H2,1-3H3,(H,27,30). The first-order valence-electron chi connectivity index (χ1n) is 11.5. The summed E-state index contributed by atoms with van der Waals surface area (Å²) in [6, 6.07) is 17.6. The van der Waals surface area contributed by atoms with Crippen LogP contribution in [0.3, 0.4) is 0 Å². The van der Waals surface area contributed by atoms with Crippen LogP contribution in [0.25, 0.3) is 0 Å². The number of nitro groups is 1. The average molecular weight is 526 g/mol. The van der Waals surface area contributed by atoms with E-state index in [1.165, 1.54) is 30.3 Å². The van der Waals surface area contributed by atoms with Crippen molar-refractivity contribution in [3.8, 4) is 11.5 Å². The summed E-state index contributed by atoms with van der Waals surface area (Å²) in [5, 5.41) is 14.3. The molecule has 37 heavy (non-hydrogen) atoms. The topological polar surface area (TPSA) is 128 Å². The number of hydrogen-bond donors (Lipinski definition) is 1. The molecule has 0 saturated heterocycles. The van der Waals surface area contributed by atoms with E-state index in [2.05, 4.69) is 5.32 Å². The number of sulfonamides is 1. The van der Waals surface area contributed by atoms with Crippen LogP contribution >= 0.6 is 0 Å². The predicted octanol–water partition coefficient (Wildman–Crippen LogP) is 4.22. The third kappa shape index (κ3) is 5.67. The lowest BCUT2D eigenvalue weighted by Gasteiger charge is -2.38. The van der Waals surface area contributed by atoms with Gasteiger partial charge in [0.1, 0.15) is 23.6 Å². The van der Waals surface area contributed by atoms with E-state index < -0.39 is 39.0 Å². The Balaban J connectivity index is 1.67. The Labute approximate surface area is 215 Å². The molecule has 10 nitrogen and oxygen atoms in total. The summed E-state index contributed by atoms with van der Waals surface area (Å²) >= 11 is 0. The van der Waals surface area contributed by atoms with E-state index in [9.17, 15) is 23.3 Å². The molecule has 1 atom stereocenters. The van der Waals surface area contributed by atoms with Crippen LogP contribution < -0.4 is 19.1 Å². The average Bonchev–Trinajstić information content (AvgIpc) is 2.86. The Bertz CT molecular complexity index is 1430. The minimum absolute atomic E-state index is 0.00523. The van der Waals surface area contributed by atoms with Crippen LogP contribution in [0.1, 0.15) is 31.9 Å².